The molecular weight excluding hydrogens is 364 g/mol. The van der Waals surface area contributed by atoms with E-state index in [1.54, 1.807) is 6.07 Å². The highest BCUT2D eigenvalue weighted by Gasteiger charge is 2.32. The van der Waals surface area contributed by atoms with Gasteiger partial charge >= 0.3 is 0 Å². The molecule has 144 valence electrons. The molecule has 1 aliphatic heterocycles. The van der Waals surface area contributed by atoms with Crippen LogP contribution in [0.25, 0.3) is 10.8 Å². The van der Waals surface area contributed by atoms with Gasteiger partial charge in [0.1, 0.15) is 23.4 Å². The zero-order valence-electron chi connectivity index (χ0n) is 14.9. The lowest BCUT2D eigenvalue weighted by molar-refractivity contribution is 0.122. The van der Waals surface area contributed by atoms with Gasteiger partial charge in [-0.2, -0.15) is 0 Å². The summed E-state index contributed by atoms with van der Waals surface area (Å²) in [5.41, 5.74) is 0.189. The monoisotopic (exact) mass is 382 g/mol. The van der Waals surface area contributed by atoms with Crippen molar-refractivity contribution in [3.8, 4) is 34.5 Å². The van der Waals surface area contributed by atoms with Crippen LogP contribution in [0.2, 0.25) is 0 Å². The summed E-state index contributed by atoms with van der Waals surface area (Å²) in [7, 11) is 0. The highest BCUT2D eigenvalue weighted by atomic mass is 16.5. The van der Waals surface area contributed by atoms with E-state index in [1.807, 2.05) is 6.92 Å². The Bertz CT molecular complexity index is 1170. The van der Waals surface area contributed by atoms with E-state index in [1.165, 1.54) is 30.3 Å². The zero-order chi connectivity index (χ0) is 20.2. The molecule has 4 rings (SSSR count). The van der Waals surface area contributed by atoms with E-state index < -0.39 is 28.8 Å². The van der Waals surface area contributed by atoms with Crippen LogP contribution in [0.3, 0.4) is 0 Å². The number of ether oxygens (including phenoxy) is 1. The van der Waals surface area contributed by atoms with E-state index in [4.69, 9.17) is 4.74 Å². The fourth-order valence-electron chi connectivity index (χ4n) is 3.76. The van der Waals surface area contributed by atoms with E-state index in [0.717, 1.165) is 0 Å². The van der Waals surface area contributed by atoms with Crippen LogP contribution >= 0.6 is 0 Å². The van der Waals surface area contributed by atoms with Gasteiger partial charge in [0.2, 0.25) is 5.43 Å². The van der Waals surface area contributed by atoms with Crippen LogP contribution in [0, 0.1) is 5.92 Å². The Morgan fingerprint density at radius 1 is 0.964 bits per heavy atom. The molecule has 7 nitrogen and oxygen atoms in total. The Morgan fingerprint density at radius 3 is 2.46 bits per heavy atom. The molecule has 0 saturated carbocycles. The van der Waals surface area contributed by atoms with Gasteiger partial charge in [-0.25, -0.2) is 0 Å². The Kier molecular flexibility index (Phi) is 3.96. The highest BCUT2D eigenvalue weighted by molar-refractivity contribution is 5.93. The van der Waals surface area contributed by atoms with Crippen LogP contribution in [0.15, 0.2) is 41.2 Å². The predicted molar refractivity (Wildman–Crippen MR) is 101 cm³/mol. The molecule has 2 unspecified atom stereocenters. The molecule has 5 N–H and O–H groups in total. The lowest BCUT2D eigenvalue weighted by atomic mass is 9.86. The first kappa shape index (κ1) is 17.8. The predicted octanol–water partition coefficient (Wildman–Crippen LogP) is 3.04. The SMILES string of the molecule is CC1Cc2c(O)cc(O)cc2OC1c1cc(O)c(O)c2c(=O)c(O)cccc12. The highest BCUT2D eigenvalue weighted by Crippen LogP contribution is 2.47. The summed E-state index contributed by atoms with van der Waals surface area (Å²) < 4.78 is 6.02. The average Bonchev–Trinajstić information content (AvgIpc) is 2.78. The molecule has 1 aliphatic rings. The summed E-state index contributed by atoms with van der Waals surface area (Å²) in [5, 5.41) is 50.2. The molecule has 0 fully saturated rings. The summed E-state index contributed by atoms with van der Waals surface area (Å²) in [6.45, 7) is 1.88. The zero-order valence-corrected chi connectivity index (χ0v) is 14.9. The van der Waals surface area contributed by atoms with E-state index >= 15 is 0 Å². The average molecular weight is 382 g/mol. The number of hydrogen-bond acceptors (Lipinski definition) is 7. The molecule has 0 radical (unpaired) electrons. The first-order valence-corrected chi connectivity index (χ1v) is 8.70. The normalized spacial score (nSPS) is 18.5. The van der Waals surface area contributed by atoms with Gasteiger partial charge in [-0.15, -0.1) is 0 Å². The molecule has 2 atom stereocenters. The van der Waals surface area contributed by atoms with Crippen molar-refractivity contribution in [2.45, 2.75) is 19.4 Å². The van der Waals surface area contributed by atoms with Crippen molar-refractivity contribution in [2.24, 2.45) is 5.92 Å². The third kappa shape index (κ3) is 2.63. The molecule has 1 heterocycles. The van der Waals surface area contributed by atoms with E-state index in [0.29, 0.717) is 28.7 Å². The molecule has 3 aromatic carbocycles. The molecule has 0 spiro atoms. The second-order valence-electron chi connectivity index (χ2n) is 7.02. The maximum absolute atomic E-state index is 12.5. The number of hydrogen-bond donors (Lipinski definition) is 5. The smallest absolute Gasteiger partial charge is 0.231 e. The molecular formula is C21H18O7. The van der Waals surface area contributed by atoms with Crippen LogP contribution in [0.4, 0.5) is 0 Å². The van der Waals surface area contributed by atoms with Gasteiger partial charge in [0.25, 0.3) is 0 Å². The summed E-state index contributed by atoms with van der Waals surface area (Å²) in [6, 6.07) is 8.18. The standard InChI is InChI=1S/C21H18O7/c1-9-5-13-15(24)6-10(22)7-17(13)28-21(9)12-8-16(25)20(27)18-11(12)3-2-4-14(23)19(18)26/h2-4,6-9,21-22,24-25,27H,5H2,1H3,(H,23,26). The Balaban J connectivity index is 1.97. The fraction of sp³-hybridized carbons (Fsp3) is 0.190. The number of benzene rings is 2. The minimum atomic E-state index is -0.811. The summed E-state index contributed by atoms with van der Waals surface area (Å²) in [5.74, 6) is -1.77. The van der Waals surface area contributed by atoms with Crippen LogP contribution in [0.5, 0.6) is 34.5 Å². The third-order valence-corrected chi connectivity index (χ3v) is 5.10. The van der Waals surface area contributed by atoms with Crippen LogP contribution in [-0.2, 0) is 6.42 Å². The van der Waals surface area contributed by atoms with Gasteiger partial charge < -0.3 is 30.3 Å². The van der Waals surface area contributed by atoms with Crippen LogP contribution in [-0.4, -0.2) is 25.5 Å². The van der Waals surface area contributed by atoms with Gasteiger partial charge in [-0.3, -0.25) is 4.79 Å². The van der Waals surface area contributed by atoms with E-state index in [-0.39, 0.29) is 22.8 Å². The van der Waals surface area contributed by atoms with Gasteiger partial charge in [0.15, 0.2) is 17.2 Å². The number of fused-ring (bicyclic) bond motifs is 2. The molecule has 28 heavy (non-hydrogen) atoms. The quantitative estimate of drug-likeness (QED) is 0.409. The van der Waals surface area contributed by atoms with Crippen molar-refractivity contribution < 1.29 is 30.3 Å². The van der Waals surface area contributed by atoms with Gasteiger partial charge in [-0.05, 0) is 23.9 Å². The molecule has 0 bridgehead atoms. The van der Waals surface area contributed by atoms with Crippen molar-refractivity contribution in [3.05, 3.63) is 57.7 Å². The Morgan fingerprint density at radius 2 is 1.71 bits per heavy atom. The molecule has 3 aromatic rings. The first-order chi connectivity index (χ1) is 13.3. The van der Waals surface area contributed by atoms with Crippen molar-refractivity contribution >= 4 is 10.8 Å². The molecule has 7 heteroatoms. The molecule has 0 amide bonds. The Labute approximate surface area is 159 Å². The fourth-order valence-corrected chi connectivity index (χ4v) is 3.76. The number of phenols is 4. The van der Waals surface area contributed by atoms with Gasteiger partial charge in [0.05, 0.1) is 5.39 Å². The number of aromatic hydroxyl groups is 5. The topological polar surface area (TPSA) is 127 Å². The summed E-state index contributed by atoms with van der Waals surface area (Å²) in [6.07, 6.45) is -0.199. The van der Waals surface area contributed by atoms with Crippen molar-refractivity contribution in [2.75, 3.05) is 0 Å². The lowest BCUT2D eigenvalue weighted by Gasteiger charge is -2.33. The third-order valence-electron chi connectivity index (χ3n) is 5.10. The summed E-state index contributed by atoms with van der Waals surface area (Å²) >= 11 is 0. The lowest BCUT2D eigenvalue weighted by Crippen LogP contribution is -2.24. The molecule has 0 aromatic heterocycles. The largest absolute Gasteiger partial charge is 0.508 e. The number of rotatable bonds is 1. The summed E-state index contributed by atoms with van der Waals surface area (Å²) in [4.78, 5) is 12.5. The number of phenolic OH excluding ortho intramolecular Hbond substituents is 4. The second-order valence-corrected chi connectivity index (χ2v) is 7.02. The van der Waals surface area contributed by atoms with Crippen molar-refractivity contribution in [1.29, 1.82) is 0 Å². The Hall–Kier alpha value is -3.61. The minimum Gasteiger partial charge on any atom is -0.508 e. The van der Waals surface area contributed by atoms with Crippen molar-refractivity contribution in [1.82, 2.24) is 0 Å². The molecule has 0 saturated heterocycles. The van der Waals surface area contributed by atoms with Crippen molar-refractivity contribution in [3.63, 3.8) is 0 Å². The van der Waals surface area contributed by atoms with Gasteiger partial charge in [0, 0.05) is 29.2 Å². The minimum absolute atomic E-state index is 0.0723. The van der Waals surface area contributed by atoms with Gasteiger partial charge in [-0.1, -0.05) is 19.1 Å². The van der Waals surface area contributed by atoms with Crippen LogP contribution < -0.4 is 10.2 Å². The first-order valence-electron chi connectivity index (χ1n) is 8.70. The maximum Gasteiger partial charge on any atom is 0.231 e. The molecule has 0 aliphatic carbocycles. The van der Waals surface area contributed by atoms with E-state index in [2.05, 4.69) is 0 Å². The maximum atomic E-state index is 12.5. The second kappa shape index (κ2) is 6.23. The van der Waals surface area contributed by atoms with E-state index in [9.17, 15) is 30.3 Å². The van der Waals surface area contributed by atoms with Crippen LogP contribution in [0.1, 0.15) is 24.2 Å².